The molecule has 0 aliphatic heterocycles. The van der Waals surface area contributed by atoms with Gasteiger partial charge in [0.25, 0.3) is 0 Å². The molecular formula is C22H18N2O3S. The van der Waals surface area contributed by atoms with Gasteiger partial charge in [0.05, 0.1) is 16.5 Å². The van der Waals surface area contributed by atoms with E-state index in [9.17, 15) is 9.59 Å². The van der Waals surface area contributed by atoms with Crippen LogP contribution in [-0.2, 0) is 11.4 Å². The number of hydrogen-bond acceptors (Lipinski definition) is 5. The van der Waals surface area contributed by atoms with Crippen LogP contribution in [0.5, 0.6) is 5.75 Å². The molecule has 0 saturated heterocycles. The Kier molecular flexibility index (Phi) is 6.55. The Morgan fingerprint density at radius 2 is 1.89 bits per heavy atom. The van der Waals surface area contributed by atoms with E-state index in [1.54, 1.807) is 42.5 Å². The molecule has 0 fully saturated rings. The summed E-state index contributed by atoms with van der Waals surface area (Å²) in [7, 11) is 0. The number of carbonyl (C=O) groups is 2. The van der Waals surface area contributed by atoms with Crippen molar-refractivity contribution in [2.75, 3.05) is 5.32 Å². The van der Waals surface area contributed by atoms with Crippen LogP contribution in [0.1, 0.15) is 33.6 Å². The summed E-state index contributed by atoms with van der Waals surface area (Å²) < 4.78 is 5.75. The van der Waals surface area contributed by atoms with Gasteiger partial charge in [-0.25, -0.2) is 0 Å². The number of anilines is 1. The molecule has 0 aliphatic carbocycles. The minimum absolute atomic E-state index is 0.0261. The predicted molar refractivity (Wildman–Crippen MR) is 108 cm³/mol. The van der Waals surface area contributed by atoms with Crippen molar-refractivity contribution in [1.29, 1.82) is 5.26 Å². The lowest BCUT2D eigenvalue weighted by Crippen LogP contribution is -2.13. The molecular weight excluding hydrogens is 372 g/mol. The van der Waals surface area contributed by atoms with Gasteiger partial charge < -0.3 is 10.1 Å². The number of ether oxygens (including phenoxy) is 1. The Labute approximate surface area is 167 Å². The summed E-state index contributed by atoms with van der Waals surface area (Å²) >= 11 is 1.38. The van der Waals surface area contributed by atoms with Gasteiger partial charge in [-0.05, 0) is 41.3 Å². The molecule has 0 aliphatic rings. The molecule has 1 aromatic heterocycles. The fourth-order valence-corrected chi connectivity index (χ4v) is 3.27. The second kappa shape index (κ2) is 9.49. The van der Waals surface area contributed by atoms with Crippen LogP contribution in [-0.4, -0.2) is 11.7 Å². The highest BCUT2D eigenvalue weighted by atomic mass is 32.1. The zero-order chi connectivity index (χ0) is 19.8. The van der Waals surface area contributed by atoms with Crippen molar-refractivity contribution in [3.8, 4) is 11.8 Å². The van der Waals surface area contributed by atoms with E-state index < -0.39 is 0 Å². The topological polar surface area (TPSA) is 79.2 Å². The quantitative estimate of drug-likeness (QED) is 0.560. The Morgan fingerprint density at radius 1 is 1.04 bits per heavy atom. The monoisotopic (exact) mass is 390 g/mol. The Morgan fingerprint density at radius 3 is 2.68 bits per heavy atom. The summed E-state index contributed by atoms with van der Waals surface area (Å²) in [4.78, 5) is 24.8. The van der Waals surface area contributed by atoms with Gasteiger partial charge in [-0.2, -0.15) is 5.26 Å². The van der Waals surface area contributed by atoms with Crippen molar-refractivity contribution in [2.45, 2.75) is 19.4 Å². The molecule has 5 nitrogen and oxygen atoms in total. The number of thiophene rings is 1. The van der Waals surface area contributed by atoms with Crippen LogP contribution in [0.15, 0.2) is 66.0 Å². The Bertz CT molecular complexity index is 1010. The number of nitrogens with one attached hydrogen (secondary N) is 1. The number of ketones is 1. The second-order valence-electron chi connectivity index (χ2n) is 6.08. The summed E-state index contributed by atoms with van der Waals surface area (Å²) in [5.74, 6) is 0.362. The summed E-state index contributed by atoms with van der Waals surface area (Å²) in [6, 6.07) is 20.0. The van der Waals surface area contributed by atoms with Crippen LogP contribution in [0.25, 0.3) is 0 Å². The third-order valence-corrected chi connectivity index (χ3v) is 4.87. The maximum atomic E-state index is 12.1. The van der Waals surface area contributed by atoms with Crippen LogP contribution in [0, 0.1) is 11.3 Å². The van der Waals surface area contributed by atoms with Gasteiger partial charge in [0.15, 0.2) is 5.78 Å². The number of hydrogen-bond donors (Lipinski definition) is 1. The maximum Gasteiger partial charge on any atom is 0.224 e. The zero-order valence-corrected chi connectivity index (χ0v) is 15.9. The van der Waals surface area contributed by atoms with Crippen molar-refractivity contribution in [3.63, 3.8) is 0 Å². The molecule has 0 saturated carbocycles. The first-order valence-corrected chi connectivity index (χ1v) is 9.60. The smallest absolute Gasteiger partial charge is 0.224 e. The molecule has 6 heteroatoms. The van der Waals surface area contributed by atoms with Crippen LogP contribution in [0.4, 0.5) is 5.69 Å². The number of nitrogens with zero attached hydrogens (tertiary/aromatic N) is 1. The van der Waals surface area contributed by atoms with Gasteiger partial charge in [0.2, 0.25) is 5.91 Å². The maximum absolute atomic E-state index is 12.1. The van der Waals surface area contributed by atoms with Gasteiger partial charge in [-0.15, -0.1) is 11.3 Å². The minimum Gasteiger partial charge on any atom is -0.489 e. The van der Waals surface area contributed by atoms with Gasteiger partial charge in [0.1, 0.15) is 12.4 Å². The van der Waals surface area contributed by atoms with Crippen LogP contribution < -0.4 is 10.1 Å². The van der Waals surface area contributed by atoms with Gasteiger partial charge in [0, 0.05) is 24.6 Å². The standard InChI is InChI=1S/C22H18N2O3S/c23-14-16-4-1-5-17(12-16)15-27-19-7-2-6-18(13-19)24-22(26)10-9-20(25)21-8-3-11-28-21/h1-8,11-13H,9-10,15H2,(H,24,26). The molecule has 140 valence electrons. The average Bonchev–Trinajstić information content (AvgIpc) is 3.26. The van der Waals surface area contributed by atoms with E-state index in [1.807, 2.05) is 23.6 Å². The Balaban J connectivity index is 1.52. The number of benzene rings is 2. The summed E-state index contributed by atoms with van der Waals surface area (Å²) in [6.45, 7) is 0.322. The van der Waals surface area contributed by atoms with E-state index in [0.717, 1.165) is 5.56 Å². The fourth-order valence-electron chi connectivity index (χ4n) is 2.57. The number of amides is 1. The molecule has 1 amide bonds. The Hall–Kier alpha value is -3.43. The summed E-state index contributed by atoms with van der Waals surface area (Å²) in [5.41, 5.74) is 2.08. The van der Waals surface area contributed by atoms with E-state index in [-0.39, 0.29) is 24.5 Å². The molecule has 3 aromatic rings. The number of rotatable bonds is 8. The molecule has 3 rings (SSSR count). The molecule has 2 aromatic carbocycles. The van der Waals surface area contributed by atoms with Crippen LogP contribution in [0.2, 0.25) is 0 Å². The largest absolute Gasteiger partial charge is 0.489 e. The van der Waals surface area contributed by atoms with Crippen molar-refractivity contribution in [1.82, 2.24) is 0 Å². The van der Waals surface area contributed by atoms with Gasteiger partial charge in [-0.1, -0.05) is 24.3 Å². The third-order valence-electron chi connectivity index (χ3n) is 3.95. The zero-order valence-electron chi connectivity index (χ0n) is 15.1. The highest BCUT2D eigenvalue weighted by Crippen LogP contribution is 2.20. The predicted octanol–water partition coefficient (Wildman–Crippen LogP) is 4.80. The molecule has 1 heterocycles. The van der Waals surface area contributed by atoms with Crippen LogP contribution >= 0.6 is 11.3 Å². The third kappa shape index (κ3) is 5.53. The first-order valence-electron chi connectivity index (χ1n) is 8.72. The van der Waals surface area contributed by atoms with E-state index in [4.69, 9.17) is 10.00 Å². The van der Waals surface area contributed by atoms with Gasteiger partial charge in [-0.3, -0.25) is 9.59 Å². The lowest BCUT2D eigenvalue weighted by molar-refractivity contribution is -0.116. The first kappa shape index (κ1) is 19.3. The van der Waals surface area contributed by atoms with E-state index in [0.29, 0.717) is 28.5 Å². The average molecular weight is 390 g/mol. The minimum atomic E-state index is -0.219. The highest BCUT2D eigenvalue weighted by Gasteiger charge is 2.10. The van der Waals surface area contributed by atoms with Crippen molar-refractivity contribution < 1.29 is 14.3 Å². The number of Topliss-reactive ketones (excluding diaryl/α,β-unsaturated/α-hetero) is 1. The van der Waals surface area contributed by atoms with Crippen LogP contribution in [0.3, 0.4) is 0 Å². The van der Waals surface area contributed by atoms with E-state index in [2.05, 4.69) is 11.4 Å². The molecule has 28 heavy (non-hydrogen) atoms. The highest BCUT2D eigenvalue weighted by molar-refractivity contribution is 7.12. The second-order valence-corrected chi connectivity index (χ2v) is 7.03. The SMILES string of the molecule is N#Cc1cccc(COc2cccc(NC(=O)CCC(=O)c3cccs3)c2)c1. The number of nitriles is 1. The first-order chi connectivity index (χ1) is 13.6. The number of carbonyl (C=O) groups excluding carboxylic acids is 2. The van der Waals surface area contributed by atoms with E-state index >= 15 is 0 Å². The molecule has 0 spiro atoms. The van der Waals surface area contributed by atoms with Crippen molar-refractivity contribution in [2.24, 2.45) is 0 Å². The lowest BCUT2D eigenvalue weighted by Gasteiger charge is -2.09. The molecule has 0 atom stereocenters. The fraction of sp³-hybridized carbons (Fsp3) is 0.136. The molecule has 0 unspecified atom stereocenters. The molecule has 0 radical (unpaired) electrons. The van der Waals surface area contributed by atoms with Crippen molar-refractivity contribution >= 4 is 28.7 Å². The van der Waals surface area contributed by atoms with E-state index in [1.165, 1.54) is 11.3 Å². The summed E-state index contributed by atoms with van der Waals surface area (Å²) in [5, 5.41) is 13.6. The summed E-state index contributed by atoms with van der Waals surface area (Å²) in [6.07, 6.45) is 0.306. The van der Waals surface area contributed by atoms with Crippen molar-refractivity contribution in [3.05, 3.63) is 82.0 Å². The normalized spacial score (nSPS) is 10.1. The lowest BCUT2D eigenvalue weighted by atomic mass is 10.1. The molecule has 1 N–H and O–H groups in total. The van der Waals surface area contributed by atoms with Gasteiger partial charge >= 0.3 is 0 Å². The molecule has 0 bridgehead atoms.